The third-order valence-electron chi connectivity index (χ3n) is 7.04. The van der Waals surface area contributed by atoms with Gasteiger partial charge < -0.3 is 14.4 Å². The average molecular weight is 371 g/mol. The van der Waals surface area contributed by atoms with Gasteiger partial charge in [-0.15, -0.1) is 0 Å². The molecule has 0 amide bonds. The summed E-state index contributed by atoms with van der Waals surface area (Å²) >= 11 is 0. The number of benzene rings is 2. The summed E-state index contributed by atoms with van der Waals surface area (Å²) in [5.41, 5.74) is 5.94. The van der Waals surface area contributed by atoms with Crippen LogP contribution in [0.15, 0.2) is 55.1 Å². The second-order valence-corrected chi connectivity index (χ2v) is 8.47. The van der Waals surface area contributed by atoms with Gasteiger partial charge in [0.1, 0.15) is 5.82 Å². The Labute approximate surface area is 166 Å². The van der Waals surface area contributed by atoms with Crippen LogP contribution >= 0.6 is 0 Å². The zero-order valence-corrected chi connectivity index (χ0v) is 16.2. The van der Waals surface area contributed by atoms with Gasteiger partial charge in [0.2, 0.25) is 0 Å². The van der Waals surface area contributed by atoms with Gasteiger partial charge in [-0.05, 0) is 37.9 Å². The van der Waals surface area contributed by atoms with Crippen LogP contribution in [0.25, 0.3) is 28.1 Å². The second kappa shape index (κ2) is 6.21. The Morgan fingerprint density at radius 3 is 2.46 bits per heavy atom. The van der Waals surface area contributed by atoms with E-state index in [4.69, 9.17) is 4.98 Å². The van der Waals surface area contributed by atoms with Crippen LogP contribution in [-0.2, 0) is 6.54 Å². The number of aromatic nitrogens is 2. The molecule has 0 aliphatic carbocycles. The molecule has 28 heavy (non-hydrogen) atoms. The maximum absolute atomic E-state index is 5.00. The summed E-state index contributed by atoms with van der Waals surface area (Å²) in [5.74, 6) is 1.89. The minimum absolute atomic E-state index is 0.600. The number of piperidine rings is 3. The first kappa shape index (κ1) is 16.4. The van der Waals surface area contributed by atoms with Crippen molar-refractivity contribution in [3.05, 3.63) is 60.7 Å². The van der Waals surface area contributed by atoms with Gasteiger partial charge in [-0.2, -0.15) is 0 Å². The third kappa shape index (κ3) is 2.37. The number of nitrogens with zero attached hydrogens (tertiary/aromatic N) is 4. The molecule has 4 nitrogen and oxygen atoms in total. The van der Waals surface area contributed by atoms with Crippen molar-refractivity contribution in [1.29, 1.82) is 0 Å². The first-order chi connectivity index (χ1) is 13.8. The minimum atomic E-state index is 0.600. The Balaban J connectivity index is 1.46. The first-order valence-corrected chi connectivity index (χ1v) is 10.5. The van der Waals surface area contributed by atoms with Crippen molar-refractivity contribution < 1.29 is 0 Å². The van der Waals surface area contributed by atoms with Gasteiger partial charge in [0.25, 0.3) is 0 Å². The molecule has 4 heteroatoms. The first-order valence-electron chi connectivity index (χ1n) is 10.5. The molecule has 0 N–H and O–H groups in total. The van der Waals surface area contributed by atoms with Crippen LogP contribution in [-0.4, -0.2) is 51.6 Å². The van der Waals surface area contributed by atoms with Crippen molar-refractivity contribution in [2.75, 3.05) is 26.2 Å². The zero-order valence-electron chi connectivity index (χ0n) is 16.2. The molecular formula is C24H26N4. The Morgan fingerprint density at radius 2 is 1.71 bits per heavy atom. The fourth-order valence-electron chi connectivity index (χ4n) is 5.59. The van der Waals surface area contributed by atoms with Crippen LogP contribution in [0, 0.1) is 5.92 Å². The van der Waals surface area contributed by atoms with Gasteiger partial charge in [0.15, 0.2) is 0 Å². The predicted octanol–water partition coefficient (Wildman–Crippen LogP) is 4.08. The second-order valence-electron chi connectivity index (χ2n) is 8.47. The summed E-state index contributed by atoms with van der Waals surface area (Å²) in [7, 11) is 0. The van der Waals surface area contributed by atoms with Gasteiger partial charge in [0.05, 0.1) is 11.0 Å². The average Bonchev–Trinajstić information content (AvgIpc) is 3.06. The van der Waals surface area contributed by atoms with Crippen LogP contribution in [0.5, 0.6) is 0 Å². The lowest BCUT2D eigenvalue weighted by Gasteiger charge is -2.50. The Bertz CT molecular complexity index is 1040. The minimum Gasteiger partial charge on any atom is -0.365 e. The molecule has 0 saturated carbocycles. The monoisotopic (exact) mass is 370 g/mol. The van der Waals surface area contributed by atoms with Crippen LogP contribution in [0.1, 0.15) is 18.4 Å². The molecule has 3 fully saturated rings. The summed E-state index contributed by atoms with van der Waals surface area (Å²) < 4.78 is 2.42. The predicted molar refractivity (Wildman–Crippen MR) is 114 cm³/mol. The van der Waals surface area contributed by atoms with E-state index in [0.29, 0.717) is 6.04 Å². The van der Waals surface area contributed by atoms with E-state index >= 15 is 0 Å². The summed E-state index contributed by atoms with van der Waals surface area (Å²) in [4.78, 5) is 10.3. The van der Waals surface area contributed by atoms with Crippen molar-refractivity contribution >= 4 is 16.7 Å². The highest BCUT2D eigenvalue weighted by atomic mass is 15.3. The van der Waals surface area contributed by atoms with E-state index in [1.165, 1.54) is 54.8 Å². The fraction of sp³-hybridized carbons (Fsp3) is 0.375. The van der Waals surface area contributed by atoms with E-state index in [-0.39, 0.29) is 0 Å². The van der Waals surface area contributed by atoms with E-state index in [1.54, 1.807) is 0 Å². The molecule has 4 aliphatic rings. The molecule has 0 radical (unpaired) electrons. The van der Waals surface area contributed by atoms with Gasteiger partial charge in [-0.3, -0.25) is 0 Å². The molecule has 0 spiro atoms. The SMILES string of the molecule is C=C1c2cccc3nc(-c4ccccc4)n(c23)CCN1C1CN2CCC1CC2. The number of rotatable bonds is 2. The fourth-order valence-corrected chi connectivity index (χ4v) is 5.59. The van der Waals surface area contributed by atoms with Crippen LogP contribution in [0.2, 0.25) is 0 Å². The lowest BCUT2D eigenvalue weighted by Crippen LogP contribution is -2.57. The summed E-state index contributed by atoms with van der Waals surface area (Å²) in [6, 6.07) is 17.7. The quantitative estimate of drug-likeness (QED) is 0.679. The summed E-state index contributed by atoms with van der Waals surface area (Å²) in [6.45, 7) is 10.3. The van der Waals surface area contributed by atoms with Gasteiger partial charge in [-0.25, -0.2) is 4.98 Å². The van der Waals surface area contributed by atoms with Crippen molar-refractivity contribution in [2.45, 2.75) is 25.4 Å². The highest BCUT2D eigenvalue weighted by Crippen LogP contribution is 2.38. The normalized spacial score (nSPS) is 26.6. The van der Waals surface area contributed by atoms with Crippen molar-refractivity contribution in [3.63, 3.8) is 0 Å². The lowest BCUT2D eigenvalue weighted by molar-refractivity contribution is 0.0297. The molecule has 7 rings (SSSR count). The molecular weight excluding hydrogens is 344 g/mol. The van der Waals surface area contributed by atoms with E-state index in [2.05, 4.69) is 69.5 Å². The molecule has 3 saturated heterocycles. The summed E-state index contributed by atoms with van der Waals surface area (Å²) in [6.07, 6.45) is 2.67. The van der Waals surface area contributed by atoms with Crippen molar-refractivity contribution in [3.8, 4) is 11.4 Å². The number of para-hydroxylation sites is 1. The Morgan fingerprint density at radius 1 is 0.893 bits per heavy atom. The molecule has 3 aromatic rings. The number of imidazole rings is 1. The van der Waals surface area contributed by atoms with Crippen molar-refractivity contribution in [2.24, 2.45) is 5.92 Å². The molecule has 1 aromatic heterocycles. The molecule has 1 unspecified atom stereocenters. The van der Waals surface area contributed by atoms with Crippen LogP contribution < -0.4 is 0 Å². The standard InChI is InChI=1S/C24H26N4/c1-17-20-8-5-9-21-23(20)28(24(25-21)19-6-3-2-4-7-19)15-14-27(17)22-16-26-12-10-18(22)11-13-26/h2-9,18,22H,1,10-16H2. The maximum Gasteiger partial charge on any atom is 0.141 e. The maximum atomic E-state index is 5.00. The Hall–Kier alpha value is -2.59. The van der Waals surface area contributed by atoms with Gasteiger partial charge in [0, 0.05) is 42.5 Å². The van der Waals surface area contributed by atoms with Crippen molar-refractivity contribution in [1.82, 2.24) is 19.4 Å². The summed E-state index contributed by atoms with van der Waals surface area (Å²) in [5, 5.41) is 0. The number of hydrogen-bond donors (Lipinski definition) is 0. The number of hydrogen-bond acceptors (Lipinski definition) is 3. The third-order valence-corrected chi connectivity index (χ3v) is 7.04. The van der Waals surface area contributed by atoms with Crippen LogP contribution in [0.4, 0.5) is 0 Å². The van der Waals surface area contributed by atoms with Gasteiger partial charge >= 0.3 is 0 Å². The lowest BCUT2D eigenvalue weighted by atomic mass is 9.82. The van der Waals surface area contributed by atoms with E-state index in [1.807, 2.05) is 0 Å². The van der Waals surface area contributed by atoms with Crippen LogP contribution in [0.3, 0.4) is 0 Å². The van der Waals surface area contributed by atoms with E-state index < -0.39 is 0 Å². The molecule has 1 atom stereocenters. The molecule has 2 bridgehead atoms. The van der Waals surface area contributed by atoms with Gasteiger partial charge in [-0.1, -0.05) is 49.0 Å². The molecule has 5 heterocycles. The smallest absolute Gasteiger partial charge is 0.141 e. The van der Waals surface area contributed by atoms with E-state index in [9.17, 15) is 0 Å². The largest absolute Gasteiger partial charge is 0.365 e. The number of fused-ring (bicyclic) bond motifs is 3. The molecule has 2 aromatic carbocycles. The highest BCUT2D eigenvalue weighted by molar-refractivity contribution is 5.91. The Kier molecular flexibility index (Phi) is 3.63. The zero-order chi connectivity index (χ0) is 18.7. The van der Waals surface area contributed by atoms with E-state index in [0.717, 1.165) is 30.3 Å². The highest BCUT2D eigenvalue weighted by Gasteiger charge is 2.39. The topological polar surface area (TPSA) is 24.3 Å². The molecule has 142 valence electrons. The molecule has 4 aliphatic heterocycles.